The maximum absolute atomic E-state index is 6.39. The van der Waals surface area contributed by atoms with Gasteiger partial charge in [0.15, 0.2) is 5.58 Å². The third kappa shape index (κ3) is 6.76. The van der Waals surface area contributed by atoms with E-state index >= 15 is 0 Å². The van der Waals surface area contributed by atoms with Gasteiger partial charge in [0.25, 0.3) is 0 Å². The summed E-state index contributed by atoms with van der Waals surface area (Å²) in [6.07, 6.45) is 0. The average Bonchev–Trinajstić information content (AvgIpc) is 3.79. The van der Waals surface area contributed by atoms with Gasteiger partial charge in [0.1, 0.15) is 5.52 Å². The Balaban J connectivity index is 1.09. The molecule has 11 aromatic rings. The molecule has 10 aromatic carbocycles. The van der Waals surface area contributed by atoms with Crippen LogP contribution in [0.25, 0.3) is 66.4 Å². The summed E-state index contributed by atoms with van der Waals surface area (Å²) in [6, 6.07) is 83.6. The number of oxazole rings is 1. The Labute approximate surface area is 354 Å². The highest BCUT2D eigenvalue weighted by Crippen LogP contribution is 2.43. The summed E-state index contributed by atoms with van der Waals surface area (Å²) in [5.41, 5.74) is 13.7. The van der Waals surface area contributed by atoms with Crippen molar-refractivity contribution >= 4 is 66.8 Å². The molecule has 61 heavy (non-hydrogen) atoms. The molecular weight excluding hydrogens is 743 g/mol. The number of aromatic nitrogens is 1. The van der Waals surface area contributed by atoms with E-state index in [2.05, 4.69) is 210 Å². The molecule has 0 saturated carbocycles. The van der Waals surface area contributed by atoms with Crippen molar-refractivity contribution in [1.29, 1.82) is 0 Å². The van der Waals surface area contributed by atoms with E-state index in [0.29, 0.717) is 5.89 Å². The third-order valence-corrected chi connectivity index (χ3v) is 11.4. The number of rotatable bonds is 9. The standard InChI is InChI=1S/C57H39N3O/c1-5-16-40(17-6-1)51-26-13-14-27-52(51)44-20-15-25-49(38-44)60(48-35-33-47(34-36-48)59(45-21-9-3-10-22-45)46-23-11-4-12-24-46)50-32-30-41-28-29-42-31-37-54-56(55(42)53(41)39-50)58-57(61-54)43-18-7-2-8-19-43/h1-39H. The zero-order valence-electron chi connectivity index (χ0n) is 33.3. The Morgan fingerprint density at radius 3 is 1.43 bits per heavy atom. The number of anilines is 6. The van der Waals surface area contributed by atoms with Crippen molar-refractivity contribution in [1.82, 2.24) is 4.98 Å². The molecule has 0 unspecified atom stereocenters. The van der Waals surface area contributed by atoms with Crippen LogP contribution in [0, 0.1) is 0 Å². The lowest BCUT2D eigenvalue weighted by molar-refractivity contribution is 0.620. The van der Waals surface area contributed by atoms with Crippen molar-refractivity contribution in [2.45, 2.75) is 0 Å². The lowest BCUT2D eigenvalue weighted by atomic mass is 9.94. The van der Waals surface area contributed by atoms with Gasteiger partial charge in [-0.25, -0.2) is 4.98 Å². The summed E-state index contributed by atoms with van der Waals surface area (Å²) >= 11 is 0. The van der Waals surface area contributed by atoms with Crippen LogP contribution in [0.5, 0.6) is 0 Å². The lowest BCUT2D eigenvalue weighted by Gasteiger charge is -2.29. The summed E-state index contributed by atoms with van der Waals surface area (Å²) in [7, 11) is 0. The monoisotopic (exact) mass is 781 g/mol. The molecule has 0 radical (unpaired) electrons. The SMILES string of the molecule is c1ccc(-c2nc3c(ccc4ccc5ccc(N(c6ccc(N(c7ccccc7)c7ccccc7)cc6)c6cccc(-c7ccccc7-c7ccccc7)c6)cc5c43)o2)cc1. The second-order valence-electron chi connectivity index (χ2n) is 15.2. The van der Waals surface area contributed by atoms with Crippen molar-refractivity contribution in [3.05, 3.63) is 237 Å². The van der Waals surface area contributed by atoms with E-state index in [1.165, 1.54) is 16.7 Å². The highest BCUT2D eigenvalue weighted by molar-refractivity contribution is 6.19. The molecule has 0 atom stereocenters. The van der Waals surface area contributed by atoms with Crippen LogP contribution < -0.4 is 9.80 Å². The first-order valence-corrected chi connectivity index (χ1v) is 20.6. The fourth-order valence-corrected chi connectivity index (χ4v) is 8.58. The molecule has 0 aliphatic heterocycles. The second kappa shape index (κ2) is 15.5. The van der Waals surface area contributed by atoms with E-state index in [1.54, 1.807) is 0 Å². The molecule has 0 N–H and O–H groups in total. The molecule has 0 fully saturated rings. The molecule has 11 rings (SSSR count). The van der Waals surface area contributed by atoms with Crippen molar-refractivity contribution < 1.29 is 4.42 Å². The van der Waals surface area contributed by atoms with Gasteiger partial charge in [-0.05, 0) is 129 Å². The normalized spacial score (nSPS) is 11.3. The zero-order chi connectivity index (χ0) is 40.5. The molecule has 0 amide bonds. The smallest absolute Gasteiger partial charge is 0.227 e. The third-order valence-electron chi connectivity index (χ3n) is 11.4. The van der Waals surface area contributed by atoms with Gasteiger partial charge in [-0.3, -0.25) is 0 Å². The summed E-state index contributed by atoms with van der Waals surface area (Å²) in [5, 5.41) is 4.43. The van der Waals surface area contributed by atoms with Crippen LogP contribution in [-0.4, -0.2) is 4.98 Å². The molecule has 0 bridgehead atoms. The lowest BCUT2D eigenvalue weighted by Crippen LogP contribution is -2.12. The molecule has 0 saturated heterocycles. The van der Waals surface area contributed by atoms with E-state index in [9.17, 15) is 0 Å². The summed E-state index contributed by atoms with van der Waals surface area (Å²) in [4.78, 5) is 9.78. The first-order valence-electron chi connectivity index (χ1n) is 20.6. The predicted octanol–water partition coefficient (Wildman–Crippen LogP) is 16.1. The van der Waals surface area contributed by atoms with Crippen molar-refractivity contribution in [3.8, 4) is 33.7 Å². The molecule has 0 spiro atoms. The molecular formula is C57H39N3O. The van der Waals surface area contributed by atoms with E-state index in [1.807, 2.05) is 36.4 Å². The first-order chi connectivity index (χ1) is 30.2. The van der Waals surface area contributed by atoms with Gasteiger partial charge in [-0.2, -0.15) is 0 Å². The van der Waals surface area contributed by atoms with E-state index in [0.717, 1.165) is 77.9 Å². The minimum atomic E-state index is 0.616. The average molecular weight is 782 g/mol. The number of para-hydroxylation sites is 2. The van der Waals surface area contributed by atoms with Crippen LogP contribution in [0.4, 0.5) is 34.1 Å². The van der Waals surface area contributed by atoms with E-state index in [-0.39, 0.29) is 0 Å². The Hall–Kier alpha value is -8.21. The molecule has 4 heteroatoms. The van der Waals surface area contributed by atoms with Crippen LogP contribution in [0.15, 0.2) is 241 Å². The minimum absolute atomic E-state index is 0.616. The van der Waals surface area contributed by atoms with Crippen molar-refractivity contribution in [3.63, 3.8) is 0 Å². The van der Waals surface area contributed by atoms with Gasteiger partial charge in [0.05, 0.1) is 0 Å². The molecule has 0 aliphatic carbocycles. The zero-order valence-corrected chi connectivity index (χ0v) is 33.3. The fourth-order valence-electron chi connectivity index (χ4n) is 8.58. The Morgan fingerprint density at radius 1 is 0.328 bits per heavy atom. The molecule has 0 aliphatic rings. The summed E-state index contributed by atoms with van der Waals surface area (Å²) in [6.45, 7) is 0. The number of hydrogen-bond acceptors (Lipinski definition) is 4. The maximum atomic E-state index is 6.39. The fraction of sp³-hybridized carbons (Fsp3) is 0. The van der Waals surface area contributed by atoms with Crippen LogP contribution in [0.2, 0.25) is 0 Å². The summed E-state index contributed by atoms with van der Waals surface area (Å²) < 4.78 is 6.39. The quantitative estimate of drug-likeness (QED) is 0.137. The molecule has 1 heterocycles. The van der Waals surface area contributed by atoms with Gasteiger partial charge >= 0.3 is 0 Å². The number of nitrogens with zero attached hydrogens (tertiary/aromatic N) is 3. The van der Waals surface area contributed by atoms with E-state index in [4.69, 9.17) is 9.40 Å². The van der Waals surface area contributed by atoms with Gasteiger partial charge in [-0.1, -0.05) is 146 Å². The van der Waals surface area contributed by atoms with Crippen molar-refractivity contribution in [2.24, 2.45) is 0 Å². The number of hydrogen-bond donors (Lipinski definition) is 0. The van der Waals surface area contributed by atoms with Gasteiger partial charge in [0, 0.05) is 45.1 Å². The number of benzene rings is 10. The first kappa shape index (κ1) is 35.9. The van der Waals surface area contributed by atoms with Crippen LogP contribution >= 0.6 is 0 Å². The Morgan fingerprint density at radius 2 is 0.770 bits per heavy atom. The summed E-state index contributed by atoms with van der Waals surface area (Å²) in [5.74, 6) is 0.616. The van der Waals surface area contributed by atoms with Crippen molar-refractivity contribution in [2.75, 3.05) is 9.80 Å². The molecule has 4 nitrogen and oxygen atoms in total. The predicted molar refractivity (Wildman–Crippen MR) is 255 cm³/mol. The topological polar surface area (TPSA) is 32.5 Å². The Bertz CT molecular complexity index is 3250. The largest absolute Gasteiger partial charge is 0.436 e. The Kier molecular flexibility index (Phi) is 9.14. The van der Waals surface area contributed by atoms with Crippen LogP contribution in [0.1, 0.15) is 0 Å². The van der Waals surface area contributed by atoms with Gasteiger partial charge in [-0.15, -0.1) is 0 Å². The highest BCUT2D eigenvalue weighted by Gasteiger charge is 2.19. The minimum Gasteiger partial charge on any atom is -0.436 e. The van der Waals surface area contributed by atoms with E-state index < -0.39 is 0 Å². The number of fused-ring (bicyclic) bond motifs is 5. The highest BCUT2D eigenvalue weighted by atomic mass is 16.3. The second-order valence-corrected chi connectivity index (χ2v) is 15.2. The maximum Gasteiger partial charge on any atom is 0.227 e. The van der Waals surface area contributed by atoms with Gasteiger partial charge < -0.3 is 14.2 Å². The van der Waals surface area contributed by atoms with Crippen LogP contribution in [0.3, 0.4) is 0 Å². The molecule has 1 aromatic heterocycles. The molecule has 288 valence electrons. The van der Waals surface area contributed by atoms with Gasteiger partial charge in [0.2, 0.25) is 5.89 Å². The van der Waals surface area contributed by atoms with Crippen LogP contribution in [-0.2, 0) is 0 Å².